The zero-order chi connectivity index (χ0) is 14.8. The SMILES string of the molecule is Cl.N[C@H](CC(F)(F)F)c1cc(OC(F)(F)F)ccc1F. The molecular formula is C10H9ClF7NO. The van der Waals surface area contributed by atoms with Gasteiger partial charge in [-0.2, -0.15) is 13.2 Å². The van der Waals surface area contributed by atoms with Gasteiger partial charge in [0.1, 0.15) is 11.6 Å². The van der Waals surface area contributed by atoms with Crippen LogP contribution in [0.5, 0.6) is 5.75 Å². The van der Waals surface area contributed by atoms with E-state index < -0.39 is 42.1 Å². The Labute approximate surface area is 115 Å². The second-order valence-corrected chi connectivity index (χ2v) is 3.66. The third-order valence-electron chi connectivity index (χ3n) is 2.05. The Hall–Kier alpha value is -1.22. The fourth-order valence-corrected chi connectivity index (χ4v) is 1.36. The average Bonchev–Trinajstić information content (AvgIpc) is 2.16. The Morgan fingerprint density at radius 2 is 1.65 bits per heavy atom. The third-order valence-corrected chi connectivity index (χ3v) is 2.05. The quantitative estimate of drug-likeness (QED) is 0.848. The van der Waals surface area contributed by atoms with Gasteiger partial charge in [-0.05, 0) is 18.2 Å². The van der Waals surface area contributed by atoms with Crippen molar-refractivity contribution in [3.63, 3.8) is 0 Å². The number of halogens is 8. The van der Waals surface area contributed by atoms with Crippen molar-refractivity contribution in [1.29, 1.82) is 0 Å². The van der Waals surface area contributed by atoms with Gasteiger partial charge in [-0.3, -0.25) is 0 Å². The molecule has 0 fully saturated rings. The lowest BCUT2D eigenvalue weighted by Gasteiger charge is -2.16. The molecule has 0 unspecified atom stereocenters. The maximum absolute atomic E-state index is 13.2. The van der Waals surface area contributed by atoms with Crippen LogP contribution >= 0.6 is 12.4 Å². The van der Waals surface area contributed by atoms with Gasteiger partial charge in [-0.1, -0.05) is 0 Å². The molecule has 0 heterocycles. The molecule has 20 heavy (non-hydrogen) atoms. The van der Waals surface area contributed by atoms with Gasteiger partial charge in [-0.15, -0.1) is 25.6 Å². The molecule has 10 heteroatoms. The third kappa shape index (κ3) is 6.29. The van der Waals surface area contributed by atoms with Crippen molar-refractivity contribution >= 4 is 12.4 Å². The monoisotopic (exact) mass is 327 g/mol. The van der Waals surface area contributed by atoms with Gasteiger partial charge < -0.3 is 10.5 Å². The van der Waals surface area contributed by atoms with Crippen molar-refractivity contribution in [2.24, 2.45) is 5.73 Å². The molecule has 0 aliphatic rings. The summed E-state index contributed by atoms with van der Waals surface area (Å²) in [7, 11) is 0. The summed E-state index contributed by atoms with van der Waals surface area (Å²) in [6.45, 7) is 0. The maximum atomic E-state index is 13.2. The van der Waals surface area contributed by atoms with Gasteiger partial charge in [-0.25, -0.2) is 4.39 Å². The van der Waals surface area contributed by atoms with Crippen molar-refractivity contribution < 1.29 is 35.5 Å². The first-order valence-electron chi connectivity index (χ1n) is 4.85. The minimum absolute atomic E-state index is 0. The molecule has 1 rings (SSSR count). The highest BCUT2D eigenvalue weighted by atomic mass is 35.5. The normalized spacial score (nSPS) is 13.6. The lowest BCUT2D eigenvalue weighted by molar-refractivity contribution is -0.274. The largest absolute Gasteiger partial charge is 0.573 e. The van der Waals surface area contributed by atoms with Gasteiger partial charge in [0.05, 0.1) is 6.42 Å². The number of hydrogen-bond donors (Lipinski definition) is 1. The van der Waals surface area contributed by atoms with E-state index in [0.29, 0.717) is 18.2 Å². The Bertz CT molecular complexity index is 446. The Balaban J connectivity index is 0.00000361. The van der Waals surface area contributed by atoms with Crippen LogP contribution in [0.4, 0.5) is 30.7 Å². The molecule has 0 bridgehead atoms. The first-order valence-corrected chi connectivity index (χ1v) is 4.85. The van der Waals surface area contributed by atoms with Crippen LogP contribution in [-0.4, -0.2) is 12.5 Å². The number of benzene rings is 1. The van der Waals surface area contributed by atoms with Crippen LogP contribution in [0, 0.1) is 5.82 Å². The van der Waals surface area contributed by atoms with Crippen molar-refractivity contribution in [1.82, 2.24) is 0 Å². The van der Waals surface area contributed by atoms with Crippen LogP contribution in [0.25, 0.3) is 0 Å². The molecule has 0 amide bonds. The molecular weight excluding hydrogens is 319 g/mol. The molecule has 0 saturated heterocycles. The fraction of sp³-hybridized carbons (Fsp3) is 0.400. The standard InChI is InChI=1S/C10H8F7NO.ClH/c11-7-2-1-5(19-10(15,16)17)3-6(7)8(18)4-9(12,13)14;/h1-3,8H,4,18H2;1H/t8-;/m1./s1. The predicted molar refractivity (Wildman–Crippen MR) is 57.9 cm³/mol. The summed E-state index contributed by atoms with van der Waals surface area (Å²) in [4.78, 5) is 0. The van der Waals surface area contributed by atoms with Gasteiger partial charge >= 0.3 is 12.5 Å². The Morgan fingerprint density at radius 1 is 1.10 bits per heavy atom. The van der Waals surface area contributed by atoms with Crippen molar-refractivity contribution in [3.05, 3.63) is 29.6 Å². The molecule has 0 aliphatic heterocycles. The minimum atomic E-state index is -5.02. The highest BCUT2D eigenvalue weighted by Gasteiger charge is 2.34. The number of ether oxygens (including phenoxy) is 1. The van der Waals surface area contributed by atoms with E-state index >= 15 is 0 Å². The lowest BCUT2D eigenvalue weighted by Crippen LogP contribution is -2.22. The molecule has 0 saturated carbocycles. The van der Waals surface area contributed by atoms with E-state index in [9.17, 15) is 30.7 Å². The summed E-state index contributed by atoms with van der Waals surface area (Å²) in [5, 5.41) is 0. The molecule has 2 N–H and O–H groups in total. The summed E-state index contributed by atoms with van der Waals surface area (Å²) in [6, 6.07) is -0.102. The average molecular weight is 328 g/mol. The topological polar surface area (TPSA) is 35.2 Å². The molecule has 2 nitrogen and oxygen atoms in total. The zero-order valence-electron chi connectivity index (χ0n) is 9.56. The summed E-state index contributed by atoms with van der Waals surface area (Å²) < 4.78 is 88.7. The van der Waals surface area contributed by atoms with E-state index in [2.05, 4.69) is 4.74 Å². The van der Waals surface area contributed by atoms with Crippen molar-refractivity contribution in [3.8, 4) is 5.75 Å². The Kier molecular flexibility index (Phi) is 6.09. The van der Waals surface area contributed by atoms with E-state index in [1.54, 1.807) is 0 Å². The van der Waals surface area contributed by atoms with E-state index in [-0.39, 0.29) is 12.4 Å². The molecule has 1 aromatic rings. The molecule has 0 spiro atoms. The first-order chi connectivity index (χ1) is 8.48. The van der Waals surface area contributed by atoms with E-state index in [0.717, 1.165) is 0 Å². The molecule has 1 aromatic carbocycles. The summed E-state index contributed by atoms with van der Waals surface area (Å²) in [6.07, 6.45) is -11.2. The van der Waals surface area contributed by atoms with Crippen LogP contribution < -0.4 is 10.5 Å². The highest BCUT2D eigenvalue weighted by molar-refractivity contribution is 5.85. The second kappa shape index (κ2) is 6.49. The number of rotatable bonds is 3. The predicted octanol–water partition coefficient (Wildman–Crippen LogP) is 4.10. The van der Waals surface area contributed by atoms with Crippen LogP contribution in [0.15, 0.2) is 18.2 Å². The van der Waals surface area contributed by atoms with Crippen LogP contribution in [0.2, 0.25) is 0 Å². The smallest absolute Gasteiger partial charge is 0.406 e. The van der Waals surface area contributed by atoms with Gasteiger partial charge in [0.2, 0.25) is 0 Å². The van der Waals surface area contributed by atoms with Crippen molar-refractivity contribution in [2.75, 3.05) is 0 Å². The van der Waals surface area contributed by atoms with E-state index in [4.69, 9.17) is 5.73 Å². The van der Waals surface area contributed by atoms with Crippen molar-refractivity contribution in [2.45, 2.75) is 25.0 Å². The van der Waals surface area contributed by atoms with Crippen LogP contribution in [-0.2, 0) is 0 Å². The minimum Gasteiger partial charge on any atom is -0.406 e. The molecule has 1 atom stereocenters. The maximum Gasteiger partial charge on any atom is 0.573 e. The molecule has 0 aromatic heterocycles. The van der Waals surface area contributed by atoms with E-state index in [1.165, 1.54) is 0 Å². The number of alkyl halides is 6. The molecule has 0 radical (unpaired) electrons. The summed E-state index contributed by atoms with van der Waals surface area (Å²) in [5.74, 6) is -1.97. The Morgan fingerprint density at radius 3 is 2.10 bits per heavy atom. The number of hydrogen-bond acceptors (Lipinski definition) is 2. The molecule has 116 valence electrons. The highest BCUT2D eigenvalue weighted by Crippen LogP contribution is 2.32. The zero-order valence-corrected chi connectivity index (χ0v) is 10.4. The summed E-state index contributed by atoms with van der Waals surface area (Å²) in [5.41, 5.74) is 4.42. The second-order valence-electron chi connectivity index (χ2n) is 3.66. The molecule has 0 aliphatic carbocycles. The van der Waals surface area contributed by atoms with Gasteiger partial charge in [0, 0.05) is 11.6 Å². The van der Waals surface area contributed by atoms with Crippen LogP contribution in [0.1, 0.15) is 18.0 Å². The van der Waals surface area contributed by atoms with Crippen LogP contribution in [0.3, 0.4) is 0 Å². The van der Waals surface area contributed by atoms with Gasteiger partial charge in [0.15, 0.2) is 0 Å². The van der Waals surface area contributed by atoms with Gasteiger partial charge in [0.25, 0.3) is 0 Å². The van der Waals surface area contributed by atoms with E-state index in [1.807, 2.05) is 0 Å². The first kappa shape index (κ1) is 18.8. The fourth-order valence-electron chi connectivity index (χ4n) is 1.36. The number of nitrogens with two attached hydrogens (primary N) is 1. The lowest BCUT2D eigenvalue weighted by atomic mass is 10.0. The summed E-state index contributed by atoms with van der Waals surface area (Å²) >= 11 is 0.